The zero-order valence-electron chi connectivity index (χ0n) is 13.4. The van der Waals surface area contributed by atoms with E-state index >= 15 is 0 Å². The van der Waals surface area contributed by atoms with Crippen LogP contribution in [0.2, 0.25) is 0 Å². The summed E-state index contributed by atoms with van der Waals surface area (Å²) in [4.78, 5) is 15.1. The minimum absolute atomic E-state index is 0.0702. The summed E-state index contributed by atoms with van der Waals surface area (Å²) in [5.41, 5.74) is -0.835. The molecular formula is C17H28N2O2. The Bertz CT molecular complexity index is 388. The first-order chi connectivity index (χ1) is 10.1. The van der Waals surface area contributed by atoms with E-state index in [9.17, 15) is 10.1 Å². The minimum atomic E-state index is -0.835. The van der Waals surface area contributed by atoms with Gasteiger partial charge in [-0.2, -0.15) is 5.26 Å². The van der Waals surface area contributed by atoms with Crippen molar-refractivity contribution >= 4 is 5.91 Å². The van der Waals surface area contributed by atoms with Gasteiger partial charge in [-0.1, -0.05) is 26.7 Å². The van der Waals surface area contributed by atoms with Crippen LogP contribution in [0.3, 0.4) is 0 Å². The van der Waals surface area contributed by atoms with Gasteiger partial charge in [-0.15, -0.1) is 0 Å². The van der Waals surface area contributed by atoms with Gasteiger partial charge in [-0.25, -0.2) is 0 Å². The molecule has 118 valence electrons. The van der Waals surface area contributed by atoms with Gasteiger partial charge in [0.25, 0.3) is 0 Å². The molecule has 0 aromatic heterocycles. The molecule has 2 fully saturated rings. The Morgan fingerprint density at radius 3 is 2.48 bits per heavy atom. The summed E-state index contributed by atoms with van der Waals surface area (Å²) in [7, 11) is 0. The highest BCUT2D eigenvalue weighted by atomic mass is 16.5. The summed E-state index contributed by atoms with van der Waals surface area (Å²) in [5, 5.41) is 9.63. The number of hydrogen-bond donors (Lipinski definition) is 0. The number of carbonyl (C=O) groups is 1. The lowest BCUT2D eigenvalue weighted by atomic mass is 9.80. The van der Waals surface area contributed by atoms with Crippen LogP contribution in [-0.2, 0) is 9.53 Å². The van der Waals surface area contributed by atoms with E-state index in [2.05, 4.69) is 19.9 Å². The van der Waals surface area contributed by atoms with Crippen molar-refractivity contribution in [3.05, 3.63) is 0 Å². The molecule has 0 aromatic rings. The predicted octanol–water partition coefficient (Wildman–Crippen LogP) is 3.12. The third-order valence-electron chi connectivity index (χ3n) is 4.94. The van der Waals surface area contributed by atoms with Crippen molar-refractivity contribution < 1.29 is 9.53 Å². The van der Waals surface area contributed by atoms with Crippen molar-refractivity contribution in [3.8, 4) is 6.07 Å². The lowest BCUT2D eigenvalue weighted by molar-refractivity contribution is -0.146. The Labute approximate surface area is 128 Å². The van der Waals surface area contributed by atoms with Crippen LogP contribution in [0.5, 0.6) is 0 Å². The smallest absolute Gasteiger partial charge is 0.243 e. The molecule has 2 aliphatic rings. The first-order valence-electron chi connectivity index (χ1n) is 8.39. The van der Waals surface area contributed by atoms with Crippen LogP contribution in [0.15, 0.2) is 0 Å². The van der Waals surface area contributed by atoms with E-state index in [0.29, 0.717) is 38.0 Å². The fourth-order valence-electron chi connectivity index (χ4n) is 3.43. The van der Waals surface area contributed by atoms with Crippen LogP contribution < -0.4 is 0 Å². The Balaban J connectivity index is 2.13. The van der Waals surface area contributed by atoms with Gasteiger partial charge >= 0.3 is 0 Å². The molecule has 1 saturated carbocycles. The number of hydrogen-bond acceptors (Lipinski definition) is 3. The highest BCUT2D eigenvalue weighted by molar-refractivity contribution is 5.86. The van der Waals surface area contributed by atoms with Gasteiger partial charge in [0.1, 0.15) is 5.41 Å². The Kier molecular flexibility index (Phi) is 5.64. The van der Waals surface area contributed by atoms with Crippen molar-refractivity contribution in [3.63, 3.8) is 0 Å². The van der Waals surface area contributed by atoms with Gasteiger partial charge in [-0.05, 0) is 38.0 Å². The Morgan fingerprint density at radius 1 is 1.33 bits per heavy atom. The molecule has 21 heavy (non-hydrogen) atoms. The molecular weight excluding hydrogens is 264 g/mol. The average molecular weight is 292 g/mol. The monoisotopic (exact) mass is 292 g/mol. The normalized spacial score (nSPS) is 22.2. The second-order valence-electron chi connectivity index (χ2n) is 6.93. The molecule has 1 saturated heterocycles. The summed E-state index contributed by atoms with van der Waals surface area (Å²) >= 11 is 0. The fourth-order valence-corrected chi connectivity index (χ4v) is 3.43. The van der Waals surface area contributed by atoms with Gasteiger partial charge in [0, 0.05) is 25.8 Å². The molecule has 0 spiro atoms. The number of ether oxygens (including phenoxy) is 1. The molecule has 0 bridgehead atoms. The van der Waals surface area contributed by atoms with E-state index in [0.717, 1.165) is 25.8 Å². The summed E-state index contributed by atoms with van der Waals surface area (Å²) in [6, 6.07) is 2.69. The van der Waals surface area contributed by atoms with Crippen LogP contribution in [0.1, 0.15) is 58.8 Å². The Hall–Kier alpha value is -1.08. The largest absolute Gasteiger partial charge is 0.381 e. The number of carbonyl (C=O) groups excluding carboxylic acids is 1. The third kappa shape index (κ3) is 3.77. The zero-order chi connectivity index (χ0) is 15.3. The van der Waals surface area contributed by atoms with E-state index in [1.807, 2.05) is 4.90 Å². The molecule has 1 aliphatic heterocycles. The van der Waals surface area contributed by atoms with Gasteiger partial charge in [0.2, 0.25) is 5.91 Å². The van der Waals surface area contributed by atoms with E-state index < -0.39 is 5.41 Å². The van der Waals surface area contributed by atoms with Gasteiger partial charge in [0.15, 0.2) is 0 Å². The van der Waals surface area contributed by atoms with E-state index in [4.69, 9.17) is 4.74 Å². The lowest BCUT2D eigenvalue weighted by Gasteiger charge is -2.38. The van der Waals surface area contributed by atoms with E-state index in [-0.39, 0.29) is 5.91 Å². The molecule has 1 amide bonds. The summed E-state index contributed by atoms with van der Waals surface area (Å²) in [6.45, 7) is 6.23. The topological polar surface area (TPSA) is 53.3 Å². The molecule has 2 rings (SSSR count). The molecule has 0 aromatic carbocycles. The highest BCUT2D eigenvalue weighted by Crippen LogP contribution is 2.35. The average Bonchev–Trinajstić information content (AvgIpc) is 3.02. The summed E-state index contributed by atoms with van der Waals surface area (Å²) < 4.78 is 5.36. The molecule has 1 heterocycles. The number of rotatable bonds is 5. The molecule has 0 radical (unpaired) electrons. The molecule has 1 aliphatic carbocycles. The molecule has 4 nitrogen and oxygen atoms in total. The van der Waals surface area contributed by atoms with Crippen molar-refractivity contribution in [2.45, 2.75) is 64.8 Å². The minimum Gasteiger partial charge on any atom is -0.381 e. The number of nitrogens with zero attached hydrogens (tertiary/aromatic N) is 2. The molecule has 0 N–H and O–H groups in total. The van der Waals surface area contributed by atoms with Crippen LogP contribution in [-0.4, -0.2) is 36.6 Å². The van der Waals surface area contributed by atoms with Gasteiger partial charge < -0.3 is 9.64 Å². The van der Waals surface area contributed by atoms with Crippen molar-refractivity contribution in [2.75, 3.05) is 19.8 Å². The van der Waals surface area contributed by atoms with Gasteiger partial charge in [0.05, 0.1) is 6.07 Å². The third-order valence-corrected chi connectivity index (χ3v) is 4.94. The fraction of sp³-hybridized carbons (Fsp3) is 0.882. The van der Waals surface area contributed by atoms with Gasteiger partial charge in [-0.3, -0.25) is 4.79 Å². The second kappa shape index (κ2) is 7.26. The summed E-state index contributed by atoms with van der Waals surface area (Å²) in [5.74, 6) is 0.648. The van der Waals surface area contributed by atoms with Crippen LogP contribution in [0.25, 0.3) is 0 Å². The molecule has 4 heteroatoms. The van der Waals surface area contributed by atoms with Crippen molar-refractivity contribution in [1.29, 1.82) is 5.26 Å². The van der Waals surface area contributed by atoms with E-state index in [1.54, 1.807) is 0 Å². The maximum Gasteiger partial charge on any atom is 0.243 e. The maximum absolute atomic E-state index is 13.1. The number of nitriles is 1. The first kappa shape index (κ1) is 16.3. The second-order valence-corrected chi connectivity index (χ2v) is 6.93. The summed E-state index contributed by atoms with van der Waals surface area (Å²) in [6.07, 6.45) is 6.72. The lowest BCUT2D eigenvalue weighted by Crippen LogP contribution is -2.50. The van der Waals surface area contributed by atoms with Crippen LogP contribution in [0.4, 0.5) is 0 Å². The highest BCUT2D eigenvalue weighted by Gasteiger charge is 2.44. The van der Waals surface area contributed by atoms with Crippen molar-refractivity contribution in [1.82, 2.24) is 4.90 Å². The molecule has 0 unspecified atom stereocenters. The number of amides is 1. The zero-order valence-corrected chi connectivity index (χ0v) is 13.4. The molecule has 0 atom stereocenters. The Morgan fingerprint density at radius 2 is 1.95 bits per heavy atom. The predicted molar refractivity (Wildman–Crippen MR) is 81.5 cm³/mol. The first-order valence-corrected chi connectivity index (χ1v) is 8.39. The SMILES string of the molecule is CC(C)CCN(C(=O)C1(C#N)CCOCC1)C1CCCC1. The van der Waals surface area contributed by atoms with Crippen LogP contribution in [0, 0.1) is 22.7 Å². The standard InChI is InChI=1S/C17H28N2O2/c1-14(2)7-10-19(15-5-3-4-6-15)16(20)17(13-18)8-11-21-12-9-17/h14-15H,3-12H2,1-2H3. The van der Waals surface area contributed by atoms with Crippen molar-refractivity contribution in [2.24, 2.45) is 11.3 Å². The van der Waals surface area contributed by atoms with Crippen LogP contribution >= 0.6 is 0 Å². The van der Waals surface area contributed by atoms with E-state index in [1.165, 1.54) is 12.8 Å². The maximum atomic E-state index is 13.1. The quantitative estimate of drug-likeness (QED) is 0.782.